The summed E-state index contributed by atoms with van der Waals surface area (Å²) in [6.07, 6.45) is 8.59. The minimum Gasteiger partial charge on any atom is -0.478 e. The van der Waals surface area contributed by atoms with Gasteiger partial charge in [-0.2, -0.15) is 0 Å². The molecule has 0 aromatic heterocycles. The van der Waals surface area contributed by atoms with E-state index in [1.54, 1.807) is 12.1 Å². The van der Waals surface area contributed by atoms with Crippen molar-refractivity contribution in [1.82, 2.24) is 0 Å². The van der Waals surface area contributed by atoms with Gasteiger partial charge in [0.1, 0.15) is 0 Å². The average molecular weight is 404 g/mol. The van der Waals surface area contributed by atoms with Crippen molar-refractivity contribution in [3.05, 3.63) is 54.1 Å². The minimum atomic E-state index is -0.894. The molecule has 5 heteroatoms. The Morgan fingerprint density at radius 3 is 2.70 bits per heavy atom. The third kappa shape index (κ3) is 3.17. The van der Waals surface area contributed by atoms with Crippen LogP contribution in [-0.4, -0.2) is 35.4 Å². The summed E-state index contributed by atoms with van der Waals surface area (Å²) in [5.74, 6) is -0.354. The van der Waals surface area contributed by atoms with Crippen LogP contribution in [0.1, 0.15) is 55.3 Å². The fraction of sp³-hybridized carbons (Fsp3) is 0.440. The molecule has 5 rings (SSSR count). The number of rotatable bonds is 5. The molecule has 0 radical (unpaired) electrons. The highest BCUT2D eigenvalue weighted by Gasteiger charge is 2.50. The van der Waals surface area contributed by atoms with Crippen LogP contribution in [0, 0.1) is 5.92 Å². The first-order valence-electron chi connectivity index (χ1n) is 11.2. The van der Waals surface area contributed by atoms with Crippen LogP contribution in [0.25, 0.3) is 0 Å². The molecule has 2 fully saturated rings. The van der Waals surface area contributed by atoms with Gasteiger partial charge in [0.15, 0.2) is 0 Å². The van der Waals surface area contributed by atoms with Gasteiger partial charge in [0.25, 0.3) is 0 Å². The Labute approximate surface area is 177 Å². The van der Waals surface area contributed by atoms with Gasteiger partial charge in [-0.25, -0.2) is 4.79 Å². The van der Waals surface area contributed by atoms with Crippen LogP contribution in [0.4, 0.5) is 17.1 Å². The molecular weight excluding hydrogens is 374 g/mol. The number of hydrogen-bond acceptors (Lipinski definition) is 4. The summed E-state index contributed by atoms with van der Waals surface area (Å²) in [5.41, 5.74) is 4.88. The van der Waals surface area contributed by atoms with Gasteiger partial charge in [0.2, 0.25) is 0 Å². The predicted molar refractivity (Wildman–Crippen MR) is 121 cm³/mol. The first-order chi connectivity index (χ1) is 14.7. The maximum atomic E-state index is 11.6. The number of nitrogens with one attached hydrogen (secondary N) is 1. The number of para-hydroxylation sites is 3. The molecule has 0 bridgehead atoms. The van der Waals surface area contributed by atoms with E-state index in [0.717, 1.165) is 18.7 Å². The summed E-state index contributed by atoms with van der Waals surface area (Å²) < 4.78 is 0. The molecular formula is C25H29N3O2. The lowest BCUT2D eigenvalue weighted by atomic mass is 9.78. The van der Waals surface area contributed by atoms with Crippen LogP contribution in [0.3, 0.4) is 0 Å². The largest absolute Gasteiger partial charge is 0.478 e. The van der Waals surface area contributed by atoms with Gasteiger partial charge in [-0.3, -0.25) is 4.99 Å². The van der Waals surface area contributed by atoms with Crippen LogP contribution >= 0.6 is 0 Å². The molecule has 2 N–H and O–H groups in total. The molecule has 1 spiro atoms. The molecule has 1 heterocycles. The fourth-order valence-electron chi connectivity index (χ4n) is 5.99. The van der Waals surface area contributed by atoms with E-state index < -0.39 is 5.97 Å². The van der Waals surface area contributed by atoms with E-state index in [-0.39, 0.29) is 5.54 Å². The number of anilines is 2. The number of nitrogens with zero attached hydrogens (tertiary/aromatic N) is 2. The summed E-state index contributed by atoms with van der Waals surface area (Å²) in [7, 11) is 0. The zero-order valence-electron chi connectivity index (χ0n) is 17.3. The highest BCUT2D eigenvalue weighted by molar-refractivity contribution is 5.96. The second kappa shape index (κ2) is 7.78. The Kier molecular flexibility index (Phi) is 4.97. The Morgan fingerprint density at radius 1 is 1.10 bits per heavy atom. The quantitative estimate of drug-likeness (QED) is 0.692. The van der Waals surface area contributed by atoms with Gasteiger partial charge in [-0.1, -0.05) is 37.1 Å². The second-order valence-electron chi connectivity index (χ2n) is 8.78. The predicted octanol–water partition coefficient (Wildman–Crippen LogP) is 5.50. The standard InChI is InChI=1S/C25H29N3O2/c29-24(30)18-8-1-2-10-20(18)26-16-17-28-23-13-4-3-11-22(23)27-21-12-7-9-19(21)25(28)14-5-6-15-25/h1-4,8,10-11,13,19,26H,5-7,9,12,14-17H2,(H,29,30). The van der Waals surface area contributed by atoms with Crippen LogP contribution in [0.15, 0.2) is 53.5 Å². The highest BCUT2D eigenvalue weighted by atomic mass is 16.4. The van der Waals surface area contributed by atoms with E-state index >= 15 is 0 Å². The van der Waals surface area contributed by atoms with E-state index in [0.29, 0.717) is 23.7 Å². The van der Waals surface area contributed by atoms with Crippen molar-refractivity contribution in [3.8, 4) is 0 Å². The molecule has 2 aromatic rings. The molecule has 1 aliphatic heterocycles. The minimum absolute atomic E-state index is 0.149. The molecule has 2 aromatic carbocycles. The van der Waals surface area contributed by atoms with Crippen molar-refractivity contribution in [2.45, 2.75) is 50.5 Å². The Balaban J connectivity index is 1.46. The van der Waals surface area contributed by atoms with Crippen molar-refractivity contribution < 1.29 is 9.90 Å². The zero-order valence-corrected chi connectivity index (χ0v) is 17.3. The third-order valence-electron chi connectivity index (χ3n) is 7.23. The van der Waals surface area contributed by atoms with Gasteiger partial charge in [-0.15, -0.1) is 0 Å². The summed E-state index contributed by atoms with van der Waals surface area (Å²) in [4.78, 5) is 19.3. The highest BCUT2D eigenvalue weighted by Crippen LogP contribution is 2.52. The van der Waals surface area contributed by atoms with Crippen molar-refractivity contribution in [2.75, 3.05) is 23.3 Å². The van der Waals surface area contributed by atoms with Gasteiger partial charge in [-0.05, 0) is 56.4 Å². The summed E-state index contributed by atoms with van der Waals surface area (Å²) in [6, 6.07) is 15.7. The maximum Gasteiger partial charge on any atom is 0.337 e. The molecule has 5 nitrogen and oxygen atoms in total. The molecule has 2 saturated carbocycles. The lowest BCUT2D eigenvalue weighted by molar-refractivity contribution is 0.0698. The van der Waals surface area contributed by atoms with Crippen molar-refractivity contribution in [3.63, 3.8) is 0 Å². The molecule has 1 atom stereocenters. The second-order valence-corrected chi connectivity index (χ2v) is 8.78. The monoisotopic (exact) mass is 403 g/mol. The third-order valence-corrected chi connectivity index (χ3v) is 7.23. The van der Waals surface area contributed by atoms with Gasteiger partial charge in [0.05, 0.1) is 16.9 Å². The van der Waals surface area contributed by atoms with Crippen LogP contribution in [-0.2, 0) is 0 Å². The molecule has 0 amide bonds. The Hall–Kier alpha value is -2.82. The summed E-state index contributed by atoms with van der Waals surface area (Å²) in [5, 5.41) is 12.9. The van der Waals surface area contributed by atoms with Gasteiger partial charge >= 0.3 is 5.97 Å². The number of carboxylic acid groups (broad SMARTS) is 1. The van der Waals surface area contributed by atoms with E-state index in [2.05, 4.69) is 34.5 Å². The number of carbonyl (C=O) groups is 1. The van der Waals surface area contributed by atoms with Crippen LogP contribution in [0.5, 0.6) is 0 Å². The van der Waals surface area contributed by atoms with Gasteiger partial charge < -0.3 is 15.3 Å². The SMILES string of the molecule is O=C(O)c1ccccc1NCCN1c2ccccc2N=C2CCCC2C12CCCC2. The molecule has 156 valence electrons. The number of carboxylic acids is 1. The van der Waals surface area contributed by atoms with Gasteiger partial charge in [0, 0.05) is 35.9 Å². The zero-order chi connectivity index (χ0) is 20.6. The van der Waals surface area contributed by atoms with Crippen molar-refractivity contribution >= 4 is 28.7 Å². The Bertz CT molecular complexity index is 978. The smallest absolute Gasteiger partial charge is 0.337 e. The topological polar surface area (TPSA) is 64.9 Å². The molecule has 0 saturated heterocycles. The number of aromatic carboxylic acids is 1. The van der Waals surface area contributed by atoms with Crippen LogP contribution in [0.2, 0.25) is 0 Å². The first-order valence-corrected chi connectivity index (χ1v) is 11.2. The fourth-order valence-corrected chi connectivity index (χ4v) is 5.99. The van der Waals surface area contributed by atoms with Crippen LogP contribution < -0.4 is 10.2 Å². The van der Waals surface area contributed by atoms with E-state index in [1.165, 1.54) is 49.9 Å². The molecule has 2 aliphatic carbocycles. The molecule has 1 unspecified atom stereocenters. The molecule has 30 heavy (non-hydrogen) atoms. The first kappa shape index (κ1) is 19.2. The van der Waals surface area contributed by atoms with E-state index in [1.807, 2.05) is 12.1 Å². The van der Waals surface area contributed by atoms with Crippen molar-refractivity contribution in [2.24, 2.45) is 10.9 Å². The Morgan fingerprint density at radius 2 is 1.87 bits per heavy atom. The summed E-state index contributed by atoms with van der Waals surface area (Å²) in [6.45, 7) is 1.53. The normalized spacial score (nSPS) is 21.7. The van der Waals surface area contributed by atoms with Crippen molar-refractivity contribution in [1.29, 1.82) is 0 Å². The van der Waals surface area contributed by atoms with E-state index in [9.17, 15) is 9.90 Å². The summed E-state index contributed by atoms with van der Waals surface area (Å²) >= 11 is 0. The number of aliphatic imine (C=N–C) groups is 1. The number of benzene rings is 2. The number of fused-ring (bicyclic) bond motifs is 3. The molecule has 3 aliphatic rings. The number of hydrogen-bond donors (Lipinski definition) is 2. The average Bonchev–Trinajstić information content (AvgIpc) is 3.40. The lowest BCUT2D eigenvalue weighted by Gasteiger charge is -2.46. The van der Waals surface area contributed by atoms with E-state index in [4.69, 9.17) is 4.99 Å². The maximum absolute atomic E-state index is 11.6. The lowest BCUT2D eigenvalue weighted by Crippen LogP contribution is -2.54.